The smallest absolute Gasteiger partial charge is 0.261 e. The molecule has 5 nitrogen and oxygen atoms in total. The molecular weight excluding hydrogens is 378 g/mol. The van der Waals surface area contributed by atoms with Crippen molar-refractivity contribution in [2.75, 3.05) is 13.7 Å². The summed E-state index contributed by atoms with van der Waals surface area (Å²) in [4.78, 5) is 27.1. The molecule has 0 spiro atoms. The van der Waals surface area contributed by atoms with Gasteiger partial charge in [0.1, 0.15) is 17.4 Å². The molecule has 0 aromatic rings. The second-order valence-corrected chi connectivity index (χ2v) is 9.47. The highest BCUT2D eigenvalue weighted by atomic mass is 16.3. The first-order valence-electron chi connectivity index (χ1n) is 11.0. The Morgan fingerprint density at radius 2 is 2.00 bits per heavy atom. The van der Waals surface area contributed by atoms with Crippen LogP contribution in [0.25, 0.3) is 0 Å². The normalized spacial score (nSPS) is 39.1. The molecule has 30 heavy (non-hydrogen) atoms. The lowest BCUT2D eigenvalue weighted by molar-refractivity contribution is -0.126. The summed E-state index contributed by atoms with van der Waals surface area (Å²) >= 11 is 0. The highest BCUT2D eigenvalue weighted by Crippen LogP contribution is 2.58. The highest BCUT2D eigenvalue weighted by Gasteiger charge is 2.55. The second-order valence-electron chi connectivity index (χ2n) is 9.47. The molecule has 2 N–H and O–H groups in total. The Kier molecular flexibility index (Phi) is 6.42. The molecule has 1 amide bonds. The Labute approximate surface area is 179 Å². The number of aliphatic hydroxyl groups is 2. The van der Waals surface area contributed by atoms with E-state index in [2.05, 4.69) is 26.0 Å². The maximum absolute atomic E-state index is 13.0. The van der Waals surface area contributed by atoms with E-state index in [1.807, 2.05) is 32.1 Å². The van der Waals surface area contributed by atoms with Crippen molar-refractivity contribution in [2.45, 2.75) is 53.0 Å². The molecule has 0 unspecified atom stereocenters. The first kappa shape index (κ1) is 22.5. The van der Waals surface area contributed by atoms with Crippen molar-refractivity contribution in [1.82, 2.24) is 4.90 Å². The summed E-state index contributed by atoms with van der Waals surface area (Å²) in [5.74, 6) is -0.128. The molecule has 1 saturated carbocycles. The van der Waals surface area contributed by atoms with Gasteiger partial charge in [-0.05, 0) is 44.4 Å². The number of hydrogen-bond donors (Lipinski definition) is 2. The molecule has 2 fully saturated rings. The summed E-state index contributed by atoms with van der Waals surface area (Å²) in [5.41, 5.74) is 0.259. The number of carbonyl (C=O) groups is 2. The van der Waals surface area contributed by atoms with E-state index in [9.17, 15) is 19.8 Å². The number of hydrogen-bond acceptors (Lipinski definition) is 4. The maximum Gasteiger partial charge on any atom is 0.261 e. The van der Waals surface area contributed by atoms with Crippen LogP contribution in [0.5, 0.6) is 0 Å². The number of allylic oxidation sites excluding steroid dienone is 7. The average molecular weight is 414 g/mol. The quantitative estimate of drug-likeness (QED) is 0.240. The molecule has 6 atom stereocenters. The van der Waals surface area contributed by atoms with Crippen LogP contribution in [-0.4, -0.2) is 46.5 Å². The molecule has 1 saturated heterocycles. The Balaban J connectivity index is 2.19. The fourth-order valence-corrected chi connectivity index (χ4v) is 5.92. The number of amides is 1. The van der Waals surface area contributed by atoms with Gasteiger partial charge in [-0.25, -0.2) is 0 Å². The van der Waals surface area contributed by atoms with Crippen LogP contribution in [0.15, 0.2) is 47.3 Å². The molecule has 0 bridgehead atoms. The van der Waals surface area contributed by atoms with Gasteiger partial charge in [-0.1, -0.05) is 56.2 Å². The topological polar surface area (TPSA) is 77.8 Å². The summed E-state index contributed by atoms with van der Waals surface area (Å²) in [6, 6.07) is -0.919. The fourth-order valence-electron chi connectivity index (χ4n) is 5.92. The first-order valence-corrected chi connectivity index (χ1v) is 11.0. The summed E-state index contributed by atoms with van der Waals surface area (Å²) in [6.07, 6.45) is 13.4. The van der Waals surface area contributed by atoms with Gasteiger partial charge >= 0.3 is 0 Å². The third-order valence-electron chi connectivity index (χ3n) is 7.62. The molecule has 1 heterocycles. The zero-order chi connectivity index (χ0) is 22.2. The largest absolute Gasteiger partial charge is 0.511 e. The van der Waals surface area contributed by atoms with E-state index < -0.39 is 29.8 Å². The predicted octanol–water partition coefficient (Wildman–Crippen LogP) is 3.97. The van der Waals surface area contributed by atoms with Crippen molar-refractivity contribution >= 4 is 11.7 Å². The first-order chi connectivity index (χ1) is 14.2. The third-order valence-corrected chi connectivity index (χ3v) is 7.62. The molecule has 5 heteroatoms. The molecule has 3 rings (SSSR count). The van der Waals surface area contributed by atoms with Crippen LogP contribution in [0, 0.1) is 29.1 Å². The zero-order valence-corrected chi connectivity index (χ0v) is 18.8. The van der Waals surface area contributed by atoms with E-state index in [0.717, 1.165) is 24.8 Å². The summed E-state index contributed by atoms with van der Waals surface area (Å²) in [7, 11) is 1.50. The van der Waals surface area contributed by atoms with Crippen molar-refractivity contribution in [2.24, 2.45) is 29.1 Å². The van der Waals surface area contributed by atoms with Crippen LogP contribution in [0.4, 0.5) is 0 Å². The lowest BCUT2D eigenvalue weighted by Gasteiger charge is -2.52. The second kappa shape index (κ2) is 8.54. The zero-order valence-electron chi connectivity index (χ0n) is 18.8. The average Bonchev–Trinajstić information content (AvgIpc) is 2.91. The minimum absolute atomic E-state index is 0.104. The van der Waals surface area contributed by atoms with Crippen molar-refractivity contribution < 1.29 is 19.8 Å². The number of fused-ring (bicyclic) bond motifs is 1. The molecule has 164 valence electrons. The van der Waals surface area contributed by atoms with Gasteiger partial charge < -0.3 is 15.1 Å². The molecule has 3 aliphatic rings. The Morgan fingerprint density at radius 3 is 2.60 bits per heavy atom. The van der Waals surface area contributed by atoms with Crippen molar-refractivity contribution in [3.05, 3.63) is 47.3 Å². The number of carbonyl (C=O) groups excluding carboxylic acids is 2. The van der Waals surface area contributed by atoms with Gasteiger partial charge in [0.2, 0.25) is 0 Å². The van der Waals surface area contributed by atoms with E-state index in [1.54, 1.807) is 0 Å². The minimum Gasteiger partial charge on any atom is -0.511 e. The molecule has 1 aliphatic heterocycles. The van der Waals surface area contributed by atoms with Crippen LogP contribution in [0.3, 0.4) is 0 Å². The van der Waals surface area contributed by atoms with Gasteiger partial charge in [-0.15, -0.1) is 0 Å². The minimum atomic E-state index is -0.919. The lowest BCUT2D eigenvalue weighted by Crippen LogP contribution is -2.46. The number of rotatable bonds is 4. The van der Waals surface area contributed by atoms with Gasteiger partial charge in [0.05, 0.1) is 6.61 Å². The van der Waals surface area contributed by atoms with Crippen LogP contribution < -0.4 is 0 Å². The Bertz CT molecular complexity index is 836. The number of ketones is 1. The number of aliphatic hydroxyl groups excluding tert-OH is 2. The van der Waals surface area contributed by atoms with Gasteiger partial charge in [-0.3, -0.25) is 9.59 Å². The number of likely N-dealkylation sites (N-methyl/N-ethyl adjacent to an activating group) is 1. The summed E-state index contributed by atoms with van der Waals surface area (Å²) < 4.78 is 0. The number of Topliss-reactive ketones (excluding diaryl/α,β-unsaturated/α-hetero) is 1. The van der Waals surface area contributed by atoms with E-state index in [-0.39, 0.29) is 23.2 Å². The standard InChI is InChI=1S/C25H35NO4/c1-6-7-8-9-18-16(3)13-17-12-15(2)10-11-19(17)25(18,4)23(29)21-22(28)20(14-27)26(5)24(21)30/h6-9,13,15,17-20,27,29H,10-12,14H2,1-5H3/b7-6+,9-8+,23-21+/t15-,17+,18-,19+,20+,25-/m0/s1. The number of likely N-dealkylation sites (tertiary alicyclic amines) is 1. The summed E-state index contributed by atoms with van der Waals surface area (Å²) in [5, 5.41) is 21.2. The van der Waals surface area contributed by atoms with Crippen molar-refractivity contribution in [3.8, 4) is 0 Å². The van der Waals surface area contributed by atoms with Gasteiger partial charge in [0.15, 0.2) is 5.78 Å². The van der Waals surface area contributed by atoms with Gasteiger partial charge in [0, 0.05) is 18.4 Å². The van der Waals surface area contributed by atoms with Gasteiger partial charge in [0.25, 0.3) is 5.91 Å². The Morgan fingerprint density at radius 1 is 1.30 bits per heavy atom. The maximum atomic E-state index is 13.0. The molecule has 0 radical (unpaired) electrons. The Hall–Kier alpha value is -2.14. The molecule has 0 aromatic heterocycles. The highest BCUT2D eigenvalue weighted by molar-refractivity contribution is 6.26. The van der Waals surface area contributed by atoms with E-state index in [4.69, 9.17) is 0 Å². The molecule has 2 aliphatic carbocycles. The van der Waals surface area contributed by atoms with Crippen LogP contribution >= 0.6 is 0 Å². The number of nitrogens with zero attached hydrogens (tertiary/aromatic N) is 1. The summed E-state index contributed by atoms with van der Waals surface area (Å²) in [6.45, 7) is 7.86. The van der Waals surface area contributed by atoms with E-state index in [1.165, 1.54) is 11.9 Å². The monoisotopic (exact) mass is 413 g/mol. The fraction of sp³-hybridized carbons (Fsp3) is 0.600. The van der Waals surface area contributed by atoms with E-state index >= 15 is 0 Å². The van der Waals surface area contributed by atoms with E-state index in [0.29, 0.717) is 11.8 Å². The van der Waals surface area contributed by atoms with Crippen LogP contribution in [0.2, 0.25) is 0 Å². The predicted molar refractivity (Wildman–Crippen MR) is 118 cm³/mol. The van der Waals surface area contributed by atoms with Crippen LogP contribution in [0.1, 0.15) is 47.0 Å². The SMILES string of the molecule is C/C=C/C=C/[C@H]1C(C)=C[C@H]2C[C@@H](C)CC[C@H]2[C@@]1(C)/C(O)=C1/C(=O)[C@@H](CO)N(C)C1=O. The molecule has 0 aromatic carbocycles. The van der Waals surface area contributed by atoms with Crippen molar-refractivity contribution in [3.63, 3.8) is 0 Å². The molecular formula is C25H35NO4. The van der Waals surface area contributed by atoms with Crippen molar-refractivity contribution in [1.29, 1.82) is 0 Å². The van der Waals surface area contributed by atoms with Gasteiger partial charge in [-0.2, -0.15) is 0 Å². The van der Waals surface area contributed by atoms with Crippen LogP contribution in [-0.2, 0) is 9.59 Å². The lowest BCUT2D eigenvalue weighted by atomic mass is 9.52. The third kappa shape index (κ3) is 3.47.